The van der Waals surface area contributed by atoms with E-state index in [1.807, 2.05) is 6.07 Å². The van der Waals surface area contributed by atoms with Crippen LogP contribution in [0, 0.1) is 5.41 Å². The van der Waals surface area contributed by atoms with Crippen LogP contribution in [0.15, 0.2) is 24.3 Å². The van der Waals surface area contributed by atoms with Crippen LogP contribution < -0.4 is 0 Å². The Bertz CT molecular complexity index is 386. The van der Waals surface area contributed by atoms with Gasteiger partial charge in [0.05, 0.1) is 5.41 Å². The number of phenols is 1. The number of carboxylic acid groups (broad SMARTS) is 1. The predicted octanol–water partition coefficient (Wildman–Crippen LogP) is 1.97. The molecule has 0 bridgehead atoms. The quantitative estimate of drug-likeness (QED) is 0.753. The van der Waals surface area contributed by atoms with E-state index in [-0.39, 0.29) is 11.7 Å². The lowest BCUT2D eigenvalue weighted by molar-refractivity contribution is -0.142. The summed E-state index contributed by atoms with van der Waals surface area (Å²) in [6.07, 6.45) is 0.659. The van der Waals surface area contributed by atoms with Crippen molar-refractivity contribution in [3.05, 3.63) is 29.8 Å². The van der Waals surface area contributed by atoms with Crippen molar-refractivity contribution in [3.8, 4) is 5.75 Å². The summed E-state index contributed by atoms with van der Waals surface area (Å²) >= 11 is 0. The normalized spacial score (nSPS) is 29.9. The lowest BCUT2D eigenvalue weighted by Crippen LogP contribution is -2.12. The fraction of sp³-hybridized carbons (Fsp3) is 0.364. The van der Waals surface area contributed by atoms with Gasteiger partial charge in [-0.05, 0) is 31.0 Å². The van der Waals surface area contributed by atoms with Crippen molar-refractivity contribution < 1.29 is 15.0 Å². The van der Waals surface area contributed by atoms with Crippen LogP contribution in [0.3, 0.4) is 0 Å². The Labute approximate surface area is 82.0 Å². The van der Waals surface area contributed by atoms with Crippen molar-refractivity contribution in [2.45, 2.75) is 19.3 Å². The maximum atomic E-state index is 10.9. The molecule has 0 aliphatic heterocycles. The lowest BCUT2D eigenvalue weighted by Gasteiger charge is -2.05. The molecule has 3 heteroatoms. The van der Waals surface area contributed by atoms with Crippen LogP contribution in [0.1, 0.15) is 24.8 Å². The summed E-state index contributed by atoms with van der Waals surface area (Å²) in [4.78, 5) is 10.9. The molecule has 0 radical (unpaired) electrons. The van der Waals surface area contributed by atoms with Crippen LogP contribution in [0.4, 0.5) is 0 Å². The topological polar surface area (TPSA) is 57.5 Å². The smallest absolute Gasteiger partial charge is 0.309 e. The number of carbonyl (C=O) groups is 1. The molecule has 0 spiro atoms. The van der Waals surface area contributed by atoms with Gasteiger partial charge < -0.3 is 10.2 Å². The minimum absolute atomic E-state index is 0.0482. The summed E-state index contributed by atoms with van der Waals surface area (Å²) in [6.45, 7) is 1.74. The molecule has 1 aliphatic rings. The van der Waals surface area contributed by atoms with E-state index in [1.54, 1.807) is 25.1 Å². The second kappa shape index (κ2) is 2.74. The van der Waals surface area contributed by atoms with Crippen LogP contribution in [0.2, 0.25) is 0 Å². The molecule has 14 heavy (non-hydrogen) atoms. The standard InChI is InChI=1S/C11H12O3/c1-11(10(13)14)6-9(11)7-3-2-4-8(12)5-7/h2-5,9,12H,6H2,1H3,(H,13,14). The fourth-order valence-electron chi connectivity index (χ4n) is 1.83. The minimum atomic E-state index is -0.758. The molecule has 3 nitrogen and oxygen atoms in total. The first kappa shape index (κ1) is 9.06. The molecule has 1 saturated carbocycles. The van der Waals surface area contributed by atoms with Gasteiger partial charge >= 0.3 is 5.97 Å². The maximum absolute atomic E-state index is 10.9. The van der Waals surface area contributed by atoms with E-state index in [0.717, 1.165) is 5.56 Å². The first-order valence-corrected chi connectivity index (χ1v) is 4.56. The van der Waals surface area contributed by atoms with Gasteiger partial charge in [-0.25, -0.2) is 0 Å². The van der Waals surface area contributed by atoms with E-state index in [4.69, 9.17) is 5.11 Å². The van der Waals surface area contributed by atoms with E-state index in [0.29, 0.717) is 6.42 Å². The second-order valence-corrected chi connectivity index (χ2v) is 4.07. The number of aromatic hydroxyl groups is 1. The van der Waals surface area contributed by atoms with Gasteiger partial charge in [-0.1, -0.05) is 12.1 Å². The molecule has 2 rings (SSSR count). The van der Waals surface area contributed by atoms with E-state index >= 15 is 0 Å². The Balaban J connectivity index is 2.25. The van der Waals surface area contributed by atoms with Crippen molar-refractivity contribution in [1.29, 1.82) is 0 Å². The number of benzene rings is 1. The average molecular weight is 192 g/mol. The summed E-state index contributed by atoms with van der Waals surface area (Å²) in [5.74, 6) is -0.514. The van der Waals surface area contributed by atoms with Crippen molar-refractivity contribution in [2.75, 3.05) is 0 Å². The second-order valence-electron chi connectivity index (χ2n) is 4.07. The van der Waals surface area contributed by atoms with E-state index < -0.39 is 11.4 Å². The van der Waals surface area contributed by atoms with Gasteiger partial charge in [-0.15, -0.1) is 0 Å². The maximum Gasteiger partial charge on any atom is 0.309 e. The van der Waals surface area contributed by atoms with E-state index in [9.17, 15) is 9.90 Å². The molecule has 1 aliphatic carbocycles. The van der Waals surface area contributed by atoms with Gasteiger partial charge in [-0.2, -0.15) is 0 Å². The number of carboxylic acids is 1. The summed E-state index contributed by atoms with van der Waals surface area (Å²) in [5.41, 5.74) is 0.281. The molecule has 1 aromatic carbocycles. The fourth-order valence-corrected chi connectivity index (χ4v) is 1.83. The van der Waals surface area contributed by atoms with Gasteiger partial charge in [0.15, 0.2) is 0 Å². The molecule has 2 atom stereocenters. The SMILES string of the molecule is CC1(C(=O)O)CC1c1cccc(O)c1. The third-order valence-electron chi connectivity index (χ3n) is 3.00. The Morgan fingerprint density at radius 1 is 1.57 bits per heavy atom. The third kappa shape index (κ3) is 1.25. The highest BCUT2D eigenvalue weighted by atomic mass is 16.4. The molecule has 0 saturated heterocycles. The molecular weight excluding hydrogens is 180 g/mol. The summed E-state index contributed by atoms with van der Waals surface area (Å²) in [5, 5.41) is 18.2. The van der Waals surface area contributed by atoms with Crippen LogP contribution in [0.5, 0.6) is 5.75 Å². The van der Waals surface area contributed by atoms with Gasteiger partial charge in [0.2, 0.25) is 0 Å². The summed E-state index contributed by atoms with van der Waals surface area (Å²) in [6, 6.07) is 6.83. The van der Waals surface area contributed by atoms with Crippen LogP contribution >= 0.6 is 0 Å². The monoisotopic (exact) mass is 192 g/mol. The van der Waals surface area contributed by atoms with Crippen molar-refractivity contribution in [2.24, 2.45) is 5.41 Å². The summed E-state index contributed by atoms with van der Waals surface area (Å²) < 4.78 is 0. The highest BCUT2D eigenvalue weighted by Gasteiger charge is 2.57. The zero-order valence-electron chi connectivity index (χ0n) is 7.90. The minimum Gasteiger partial charge on any atom is -0.508 e. The third-order valence-corrected chi connectivity index (χ3v) is 3.00. The Hall–Kier alpha value is -1.51. The van der Waals surface area contributed by atoms with E-state index in [1.165, 1.54) is 0 Å². The van der Waals surface area contributed by atoms with E-state index in [2.05, 4.69) is 0 Å². The van der Waals surface area contributed by atoms with Crippen molar-refractivity contribution in [3.63, 3.8) is 0 Å². The van der Waals surface area contributed by atoms with Gasteiger partial charge in [0.25, 0.3) is 0 Å². The summed E-state index contributed by atoms with van der Waals surface area (Å²) in [7, 11) is 0. The zero-order valence-corrected chi connectivity index (χ0v) is 7.90. The van der Waals surface area contributed by atoms with Crippen LogP contribution in [-0.4, -0.2) is 16.2 Å². The molecular formula is C11H12O3. The van der Waals surface area contributed by atoms with Gasteiger partial charge in [0, 0.05) is 5.92 Å². The number of aliphatic carboxylic acids is 1. The first-order valence-electron chi connectivity index (χ1n) is 4.56. The highest BCUT2D eigenvalue weighted by molar-refractivity contribution is 5.80. The van der Waals surface area contributed by atoms with Crippen LogP contribution in [-0.2, 0) is 4.79 Å². The van der Waals surface area contributed by atoms with Crippen LogP contribution in [0.25, 0.3) is 0 Å². The number of phenolic OH excluding ortho intramolecular Hbond substituents is 1. The number of hydrogen-bond donors (Lipinski definition) is 2. The molecule has 1 aromatic rings. The molecule has 2 unspecified atom stereocenters. The lowest BCUT2D eigenvalue weighted by atomic mass is 10.0. The predicted molar refractivity (Wildman–Crippen MR) is 51.2 cm³/mol. The van der Waals surface area contributed by atoms with Gasteiger partial charge in [-0.3, -0.25) is 4.79 Å². The average Bonchev–Trinajstić information content (AvgIpc) is 2.80. The molecule has 74 valence electrons. The molecule has 0 heterocycles. The molecule has 0 amide bonds. The van der Waals surface area contributed by atoms with Crippen molar-refractivity contribution in [1.82, 2.24) is 0 Å². The highest BCUT2D eigenvalue weighted by Crippen LogP contribution is 2.59. The molecule has 1 fully saturated rings. The molecule has 0 aromatic heterocycles. The Morgan fingerprint density at radius 3 is 2.79 bits per heavy atom. The molecule has 2 N–H and O–H groups in total. The Morgan fingerprint density at radius 2 is 2.29 bits per heavy atom. The largest absolute Gasteiger partial charge is 0.508 e. The number of hydrogen-bond acceptors (Lipinski definition) is 2. The zero-order chi connectivity index (χ0) is 10.3. The first-order chi connectivity index (χ1) is 6.54. The Kier molecular flexibility index (Phi) is 1.77. The van der Waals surface area contributed by atoms with Crippen molar-refractivity contribution >= 4 is 5.97 Å². The number of rotatable bonds is 2. The van der Waals surface area contributed by atoms with Gasteiger partial charge in [0.1, 0.15) is 5.75 Å².